The van der Waals surface area contributed by atoms with Crippen LogP contribution in [0.2, 0.25) is 0 Å². The van der Waals surface area contributed by atoms with E-state index in [9.17, 15) is 0 Å². The molecule has 0 radical (unpaired) electrons. The molecule has 0 unspecified atom stereocenters. The Kier molecular flexibility index (Phi) is 3.74. The van der Waals surface area contributed by atoms with Crippen molar-refractivity contribution in [1.82, 2.24) is 0 Å². The zero-order chi connectivity index (χ0) is 13.1. The van der Waals surface area contributed by atoms with Crippen LogP contribution in [0, 0.1) is 0 Å². The van der Waals surface area contributed by atoms with Gasteiger partial charge < -0.3 is 10.6 Å². The maximum absolute atomic E-state index is 3.57. The Morgan fingerprint density at radius 2 is 2.00 bits per heavy atom. The first kappa shape index (κ1) is 12.5. The van der Waals surface area contributed by atoms with E-state index in [1.54, 1.807) is 0 Å². The maximum atomic E-state index is 3.57. The largest absolute Gasteiger partial charge is 0.385 e. The number of anilines is 2. The fourth-order valence-corrected chi connectivity index (χ4v) is 2.95. The topological polar surface area (TPSA) is 24.1 Å². The fraction of sp³-hybridized carbons (Fsp3) is 0.250. The number of benzene rings is 2. The third kappa shape index (κ3) is 2.76. The standard InChI is InChI=1S/C16H17BrN2/c17-14-8-1-2-9-15(14)19-11-13-6-3-5-12-7-4-10-18-16(12)13/h1-3,5-6,8-9,18-19H,4,7,10-11H2. The molecule has 0 atom stereocenters. The number of nitrogens with one attached hydrogen (secondary N) is 2. The van der Waals surface area contributed by atoms with E-state index in [-0.39, 0.29) is 0 Å². The van der Waals surface area contributed by atoms with Crippen molar-refractivity contribution in [2.24, 2.45) is 0 Å². The molecule has 0 bridgehead atoms. The van der Waals surface area contributed by atoms with E-state index >= 15 is 0 Å². The van der Waals surface area contributed by atoms with Gasteiger partial charge in [-0.05, 0) is 52.0 Å². The molecule has 1 aliphatic rings. The molecule has 0 saturated carbocycles. The summed E-state index contributed by atoms with van der Waals surface area (Å²) in [5, 5.41) is 7.02. The molecule has 0 spiro atoms. The molecule has 2 aromatic carbocycles. The van der Waals surface area contributed by atoms with Crippen molar-refractivity contribution in [3.63, 3.8) is 0 Å². The van der Waals surface area contributed by atoms with E-state index in [1.807, 2.05) is 12.1 Å². The zero-order valence-electron chi connectivity index (χ0n) is 10.7. The lowest BCUT2D eigenvalue weighted by Gasteiger charge is -2.21. The summed E-state index contributed by atoms with van der Waals surface area (Å²) in [5.74, 6) is 0. The monoisotopic (exact) mass is 316 g/mol. The number of rotatable bonds is 3. The summed E-state index contributed by atoms with van der Waals surface area (Å²) in [6.45, 7) is 1.93. The molecule has 3 heteroatoms. The van der Waals surface area contributed by atoms with Crippen molar-refractivity contribution < 1.29 is 0 Å². The molecule has 0 aliphatic carbocycles. The van der Waals surface area contributed by atoms with Crippen molar-refractivity contribution in [1.29, 1.82) is 0 Å². The van der Waals surface area contributed by atoms with E-state index in [4.69, 9.17) is 0 Å². The highest BCUT2D eigenvalue weighted by Gasteiger charge is 2.12. The number of hydrogen-bond donors (Lipinski definition) is 2. The second-order valence-corrected chi connectivity index (χ2v) is 5.67. The molecule has 2 aromatic rings. The normalized spacial score (nSPS) is 13.5. The summed E-state index contributed by atoms with van der Waals surface area (Å²) in [7, 11) is 0. The average Bonchev–Trinajstić information content (AvgIpc) is 2.46. The summed E-state index contributed by atoms with van der Waals surface area (Å²) in [6, 6.07) is 14.8. The van der Waals surface area contributed by atoms with Crippen LogP contribution in [-0.4, -0.2) is 6.54 Å². The molecular formula is C16H17BrN2. The molecule has 2 N–H and O–H groups in total. The maximum Gasteiger partial charge on any atom is 0.0487 e. The smallest absolute Gasteiger partial charge is 0.0487 e. The van der Waals surface area contributed by atoms with Crippen molar-refractivity contribution in [3.8, 4) is 0 Å². The second kappa shape index (κ2) is 5.66. The fourth-order valence-electron chi connectivity index (χ4n) is 2.52. The van der Waals surface area contributed by atoms with E-state index < -0.39 is 0 Å². The van der Waals surface area contributed by atoms with Gasteiger partial charge in [-0.3, -0.25) is 0 Å². The molecule has 0 aromatic heterocycles. The number of para-hydroxylation sites is 2. The van der Waals surface area contributed by atoms with Gasteiger partial charge in [-0.2, -0.15) is 0 Å². The highest BCUT2D eigenvalue weighted by molar-refractivity contribution is 9.10. The van der Waals surface area contributed by atoms with Gasteiger partial charge in [0.15, 0.2) is 0 Å². The van der Waals surface area contributed by atoms with Gasteiger partial charge in [0.05, 0.1) is 0 Å². The minimum atomic E-state index is 0.846. The van der Waals surface area contributed by atoms with Crippen LogP contribution >= 0.6 is 15.9 Å². The van der Waals surface area contributed by atoms with Crippen LogP contribution in [-0.2, 0) is 13.0 Å². The molecule has 2 nitrogen and oxygen atoms in total. The molecule has 0 amide bonds. The predicted molar refractivity (Wildman–Crippen MR) is 84.7 cm³/mol. The first-order valence-electron chi connectivity index (χ1n) is 6.67. The zero-order valence-corrected chi connectivity index (χ0v) is 12.3. The van der Waals surface area contributed by atoms with Gasteiger partial charge in [0.2, 0.25) is 0 Å². The number of fused-ring (bicyclic) bond motifs is 1. The van der Waals surface area contributed by atoms with Crippen LogP contribution in [0.5, 0.6) is 0 Å². The van der Waals surface area contributed by atoms with Gasteiger partial charge in [0.1, 0.15) is 0 Å². The molecule has 1 aliphatic heterocycles. The molecule has 0 fully saturated rings. The van der Waals surface area contributed by atoms with E-state index in [0.717, 1.165) is 23.2 Å². The minimum absolute atomic E-state index is 0.846. The van der Waals surface area contributed by atoms with Gasteiger partial charge in [0, 0.05) is 28.9 Å². The van der Waals surface area contributed by atoms with Crippen LogP contribution in [0.25, 0.3) is 0 Å². The van der Waals surface area contributed by atoms with Crippen molar-refractivity contribution in [2.75, 3.05) is 17.2 Å². The van der Waals surface area contributed by atoms with E-state index in [0.29, 0.717) is 0 Å². The highest BCUT2D eigenvalue weighted by atomic mass is 79.9. The van der Waals surface area contributed by atoms with Crippen LogP contribution in [0.15, 0.2) is 46.9 Å². The Morgan fingerprint density at radius 1 is 1.11 bits per heavy atom. The predicted octanol–water partition coefficient (Wildman–Crippen LogP) is 4.42. The molecule has 3 rings (SSSR count). The SMILES string of the molecule is Brc1ccccc1NCc1cccc2c1NCCC2. The van der Waals surface area contributed by atoms with Gasteiger partial charge in [-0.1, -0.05) is 30.3 Å². The summed E-state index contributed by atoms with van der Waals surface area (Å²) >= 11 is 3.57. The van der Waals surface area contributed by atoms with Crippen LogP contribution in [0.4, 0.5) is 11.4 Å². The third-order valence-corrected chi connectivity index (χ3v) is 4.20. The second-order valence-electron chi connectivity index (χ2n) is 4.81. The summed E-state index contributed by atoms with van der Waals surface area (Å²) in [6.07, 6.45) is 2.42. The molecule has 0 saturated heterocycles. The lowest BCUT2D eigenvalue weighted by molar-refractivity contribution is 0.825. The molecule has 19 heavy (non-hydrogen) atoms. The Morgan fingerprint density at radius 3 is 2.89 bits per heavy atom. The average molecular weight is 317 g/mol. The first-order chi connectivity index (χ1) is 9.34. The molecular weight excluding hydrogens is 300 g/mol. The minimum Gasteiger partial charge on any atom is -0.385 e. The Bertz CT molecular complexity index is 581. The first-order valence-corrected chi connectivity index (χ1v) is 7.47. The van der Waals surface area contributed by atoms with Crippen LogP contribution in [0.3, 0.4) is 0 Å². The highest BCUT2D eigenvalue weighted by Crippen LogP contribution is 2.28. The summed E-state index contributed by atoms with van der Waals surface area (Å²) < 4.78 is 1.10. The van der Waals surface area contributed by atoms with Gasteiger partial charge in [-0.15, -0.1) is 0 Å². The van der Waals surface area contributed by atoms with Crippen molar-refractivity contribution >= 4 is 27.3 Å². The Hall–Kier alpha value is -1.48. The summed E-state index contributed by atoms with van der Waals surface area (Å²) in [4.78, 5) is 0. The lowest BCUT2D eigenvalue weighted by Crippen LogP contribution is -2.15. The van der Waals surface area contributed by atoms with Gasteiger partial charge in [0.25, 0.3) is 0 Å². The van der Waals surface area contributed by atoms with Crippen molar-refractivity contribution in [3.05, 3.63) is 58.1 Å². The van der Waals surface area contributed by atoms with Gasteiger partial charge >= 0.3 is 0 Å². The van der Waals surface area contributed by atoms with E-state index in [2.05, 4.69) is 56.9 Å². The number of halogens is 1. The molecule has 98 valence electrons. The van der Waals surface area contributed by atoms with Crippen LogP contribution < -0.4 is 10.6 Å². The Labute approximate surface area is 122 Å². The van der Waals surface area contributed by atoms with Crippen molar-refractivity contribution in [2.45, 2.75) is 19.4 Å². The third-order valence-electron chi connectivity index (χ3n) is 3.50. The van der Waals surface area contributed by atoms with E-state index in [1.165, 1.54) is 29.7 Å². The Balaban J connectivity index is 1.79. The number of hydrogen-bond acceptors (Lipinski definition) is 2. The summed E-state index contributed by atoms with van der Waals surface area (Å²) in [5.41, 5.74) is 5.25. The number of aryl methyl sites for hydroxylation is 1. The quantitative estimate of drug-likeness (QED) is 0.876. The molecule has 1 heterocycles. The lowest BCUT2D eigenvalue weighted by atomic mass is 9.99. The van der Waals surface area contributed by atoms with Gasteiger partial charge in [-0.25, -0.2) is 0 Å². The van der Waals surface area contributed by atoms with Crippen LogP contribution in [0.1, 0.15) is 17.5 Å².